The SMILES string of the molecule is Cc1ccc(C)c(N2C(=O)c3ccc(C(=O)Nc4ccc(C)c(-n5nnnc5C)c4)cc3C2=O)c1. The van der Waals surface area contributed by atoms with Gasteiger partial charge in [0, 0.05) is 11.3 Å². The molecule has 0 spiro atoms. The van der Waals surface area contributed by atoms with E-state index in [2.05, 4.69) is 20.8 Å². The highest BCUT2D eigenvalue weighted by molar-refractivity contribution is 6.35. The predicted octanol–water partition coefficient (Wildman–Crippen LogP) is 3.95. The first-order valence-electron chi connectivity index (χ1n) is 11.0. The van der Waals surface area contributed by atoms with Crippen LogP contribution in [0, 0.1) is 27.7 Å². The standard InChI is InChI=1S/C26H22N6O3/c1-14-5-6-15(2)22(11-14)31-25(34)20-10-8-18(12-21(20)26(31)35)24(33)27-19-9-7-16(3)23(13-19)32-17(4)28-29-30-32/h5-13H,1-4H3,(H,27,33). The van der Waals surface area contributed by atoms with Crippen LogP contribution in [0.4, 0.5) is 11.4 Å². The fourth-order valence-electron chi connectivity index (χ4n) is 4.13. The number of amides is 3. The molecule has 0 atom stereocenters. The monoisotopic (exact) mass is 466 g/mol. The zero-order valence-electron chi connectivity index (χ0n) is 19.7. The number of hydrogen-bond donors (Lipinski definition) is 1. The van der Waals surface area contributed by atoms with E-state index in [-0.39, 0.29) is 16.7 Å². The van der Waals surface area contributed by atoms with Crippen molar-refractivity contribution in [2.75, 3.05) is 10.2 Å². The number of fused-ring (bicyclic) bond motifs is 1. The Bertz CT molecular complexity index is 1540. The molecule has 9 nitrogen and oxygen atoms in total. The molecule has 0 bridgehead atoms. The maximum atomic E-state index is 13.2. The minimum atomic E-state index is -0.444. The molecule has 1 N–H and O–H groups in total. The molecule has 174 valence electrons. The second-order valence-corrected chi connectivity index (χ2v) is 8.59. The van der Waals surface area contributed by atoms with Crippen LogP contribution >= 0.6 is 0 Å². The molecule has 1 aliphatic heterocycles. The Kier molecular flexibility index (Phi) is 5.24. The Morgan fingerprint density at radius 2 is 1.51 bits per heavy atom. The minimum absolute atomic E-state index is 0.206. The first-order chi connectivity index (χ1) is 16.7. The number of benzene rings is 3. The lowest BCUT2D eigenvalue weighted by atomic mass is 10.1. The number of tetrazole rings is 1. The molecular weight excluding hydrogens is 444 g/mol. The largest absolute Gasteiger partial charge is 0.322 e. The van der Waals surface area contributed by atoms with E-state index in [0.29, 0.717) is 17.2 Å². The summed E-state index contributed by atoms with van der Waals surface area (Å²) in [5.41, 5.74) is 5.28. The lowest BCUT2D eigenvalue weighted by molar-refractivity contribution is 0.0925. The summed E-state index contributed by atoms with van der Waals surface area (Å²) in [5.74, 6) is -0.626. The van der Waals surface area contributed by atoms with E-state index in [1.54, 1.807) is 29.8 Å². The van der Waals surface area contributed by atoms with Crippen LogP contribution in [0.2, 0.25) is 0 Å². The Hall–Kier alpha value is -4.66. The van der Waals surface area contributed by atoms with Gasteiger partial charge in [-0.3, -0.25) is 14.4 Å². The van der Waals surface area contributed by atoms with Gasteiger partial charge in [-0.25, -0.2) is 4.90 Å². The highest BCUT2D eigenvalue weighted by atomic mass is 16.2. The van der Waals surface area contributed by atoms with Gasteiger partial charge in [-0.15, -0.1) is 5.10 Å². The number of aryl methyl sites for hydroxylation is 4. The van der Waals surface area contributed by atoms with Crippen molar-refractivity contribution in [3.05, 3.63) is 93.8 Å². The van der Waals surface area contributed by atoms with E-state index >= 15 is 0 Å². The van der Waals surface area contributed by atoms with E-state index in [1.165, 1.54) is 17.0 Å². The summed E-state index contributed by atoms with van der Waals surface area (Å²) in [6.45, 7) is 7.46. The molecule has 35 heavy (non-hydrogen) atoms. The second kappa shape index (κ2) is 8.28. The minimum Gasteiger partial charge on any atom is -0.322 e. The number of nitrogens with zero attached hydrogens (tertiary/aromatic N) is 5. The van der Waals surface area contributed by atoms with E-state index in [4.69, 9.17) is 0 Å². The zero-order chi connectivity index (χ0) is 24.9. The fourth-order valence-corrected chi connectivity index (χ4v) is 4.13. The van der Waals surface area contributed by atoms with Crippen LogP contribution < -0.4 is 10.2 Å². The van der Waals surface area contributed by atoms with E-state index in [0.717, 1.165) is 22.4 Å². The van der Waals surface area contributed by atoms with E-state index in [1.807, 2.05) is 45.0 Å². The molecule has 5 rings (SSSR count). The molecule has 3 amide bonds. The van der Waals surface area contributed by atoms with Gasteiger partial charge in [0.15, 0.2) is 5.82 Å². The van der Waals surface area contributed by atoms with Gasteiger partial charge in [-0.2, -0.15) is 4.68 Å². The topological polar surface area (TPSA) is 110 Å². The molecule has 1 aliphatic rings. The molecule has 0 unspecified atom stereocenters. The van der Waals surface area contributed by atoms with Crippen molar-refractivity contribution in [2.45, 2.75) is 27.7 Å². The van der Waals surface area contributed by atoms with Gasteiger partial charge in [0.1, 0.15) is 0 Å². The molecule has 0 saturated carbocycles. The number of anilines is 2. The molecule has 0 saturated heterocycles. The van der Waals surface area contributed by atoms with Gasteiger partial charge in [0.2, 0.25) is 0 Å². The average Bonchev–Trinajstić information content (AvgIpc) is 3.37. The van der Waals surface area contributed by atoms with Crippen molar-refractivity contribution >= 4 is 29.1 Å². The molecule has 0 aliphatic carbocycles. The Labute approximate surface area is 201 Å². The summed E-state index contributed by atoms with van der Waals surface area (Å²) in [4.78, 5) is 40.5. The van der Waals surface area contributed by atoms with Crippen molar-refractivity contribution in [3.8, 4) is 5.69 Å². The van der Waals surface area contributed by atoms with Crippen molar-refractivity contribution in [1.82, 2.24) is 20.2 Å². The van der Waals surface area contributed by atoms with Crippen molar-refractivity contribution in [3.63, 3.8) is 0 Å². The summed E-state index contributed by atoms with van der Waals surface area (Å²) < 4.78 is 1.59. The molecule has 0 fully saturated rings. The summed E-state index contributed by atoms with van der Waals surface area (Å²) in [7, 11) is 0. The normalized spacial score (nSPS) is 12.7. The lowest BCUT2D eigenvalue weighted by Gasteiger charge is -2.17. The van der Waals surface area contributed by atoms with Gasteiger partial charge >= 0.3 is 0 Å². The van der Waals surface area contributed by atoms with Crippen molar-refractivity contribution in [2.24, 2.45) is 0 Å². The average molecular weight is 467 g/mol. The quantitative estimate of drug-likeness (QED) is 0.456. The van der Waals surface area contributed by atoms with Gasteiger partial charge < -0.3 is 5.32 Å². The number of rotatable bonds is 4. The number of carbonyl (C=O) groups is 3. The summed E-state index contributed by atoms with van der Waals surface area (Å²) in [6, 6.07) is 15.6. The van der Waals surface area contributed by atoms with Gasteiger partial charge in [0.25, 0.3) is 17.7 Å². The number of nitrogens with one attached hydrogen (secondary N) is 1. The number of carbonyl (C=O) groups excluding carboxylic acids is 3. The number of imide groups is 1. The van der Waals surface area contributed by atoms with Crippen LogP contribution in [0.3, 0.4) is 0 Å². The summed E-state index contributed by atoms with van der Waals surface area (Å²) >= 11 is 0. The molecule has 2 heterocycles. The van der Waals surface area contributed by atoms with Crippen LogP contribution in [-0.4, -0.2) is 37.9 Å². The van der Waals surface area contributed by atoms with Crippen LogP contribution in [0.5, 0.6) is 0 Å². The first kappa shape index (κ1) is 22.1. The second-order valence-electron chi connectivity index (χ2n) is 8.59. The highest BCUT2D eigenvalue weighted by Crippen LogP contribution is 2.32. The van der Waals surface area contributed by atoms with Gasteiger partial charge in [-0.05, 0) is 91.2 Å². The van der Waals surface area contributed by atoms with Gasteiger partial charge in [0.05, 0.1) is 22.5 Å². The third kappa shape index (κ3) is 3.76. The van der Waals surface area contributed by atoms with Crippen molar-refractivity contribution < 1.29 is 14.4 Å². The Morgan fingerprint density at radius 3 is 2.26 bits per heavy atom. The Balaban J connectivity index is 1.43. The fraction of sp³-hybridized carbons (Fsp3) is 0.154. The molecule has 9 heteroatoms. The van der Waals surface area contributed by atoms with Crippen LogP contribution in [0.15, 0.2) is 54.6 Å². The molecule has 1 aromatic heterocycles. The lowest BCUT2D eigenvalue weighted by Crippen LogP contribution is -2.30. The first-order valence-corrected chi connectivity index (χ1v) is 11.0. The molecular formula is C26H22N6O3. The maximum Gasteiger partial charge on any atom is 0.266 e. The molecule has 3 aromatic carbocycles. The van der Waals surface area contributed by atoms with E-state index in [9.17, 15) is 14.4 Å². The summed E-state index contributed by atoms with van der Waals surface area (Å²) in [6.07, 6.45) is 0. The third-order valence-corrected chi connectivity index (χ3v) is 6.07. The molecule has 4 aromatic rings. The van der Waals surface area contributed by atoms with Crippen molar-refractivity contribution in [1.29, 1.82) is 0 Å². The van der Waals surface area contributed by atoms with Crippen LogP contribution in [-0.2, 0) is 0 Å². The number of hydrogen-bond acceptors (Lipinski definition) is 6. The predicted molar refractivity (Wildman–Crippen MR) is 130 cm³/mol. The molecule has 0 radical (unpaired) electrons. The van der Waals surface area contributed by atoms with Crippen LogP contribution in [0.1, 0.15) is 53.6 Å². The number of aromatic nitrogens is 4. The summed E-state index contributed by atoms with van der Waals surface area (Å²) in [5, 5.41) is 14.4. The Morgan fingerprint density at radius 1 is 0.800 bits per heavy atom. The third-order valence-electron chi connectivity index (χ3n) is 6.07. The maximum absolute atomic E-state index is 13.2. The van der Waals surface area contributed by atoms with Gasteiger partial charge in [-0.1, -0.05) is 18.2 Å². The smallest absolute Gasteiger partial charge is 0.266 e. The zero-order valence-corrected chi connectivity index (χ0v) is 19.7. The van der Waals surface area contributed by atoms with E-state index < -0.39 is 17.7 Å². The highest BCUT2D eigenvalue weighted by Gasteiger charge is 2.37. The van der Waals surface area contributed by atoms with Crippen LogP contribution in [0.25, 0.3) is 5.69 Å².